The molecule has 1 rings (SSSR count). The Morgan fingerprint density at radius 2 is 2.55 bits per heavy atom. The van der Waals surface area contributed by atoms with Gasteiger partial charge in [0.2, 0.25) is 0 Å². The second-order valence-corrected chi connectivity index (χ2v) is 2.01. The lowest BCUT2D eigenvalue weighted by molar-refractivity contribution is 0.210. The van der Waals surface area contributed by atoms with Gasteiger partial charge in [0.1, 0.15) is 12.1 Å². The van der Waals surface area contributed by atoms with Crippen LogP contribution in [0, 0.1) is 0 Å². The lowest BCUT2D eigenvalue weighted by atomic mass is 10.5. The van der Waals surface area contributed by atoms with Gasteiger partial charge in [-0.25, -0.2) is 9.97 Å². The lowest BCUT2D eigenvalue weighted by Crippen LogP contribution is -2.08. The number of aromatic nitrogens is 2. The van der Waals surface area contributed by atoms with Gasteiger partial charge in [-0.1, -0.05) is 0 Å². The van der Waals surface area contributed by atoms with E-state index in [0.717, 1.165) is 12.4 Å². The van der Waals surface area contributed by atoms with Gasteiger partial charge in [0.15, 0.2) is 0 Å². The number of ether oxygens (including phenoxy) is 1. The number of rotatable bonds is 4. The van der Waals surface area contributed by atoms with Crippen molar-refractivity contribution in [3.05, 3.63) is 18.6 Å². The summed E-state index contributed by atoms with van der Waals surface area (Å²) in [6.07, 6.45) is 3.21. The zero-order valence-electron chi connectivity index (χ0n) is 6.45. The minimum Gasteiger partial charge on any atom is -0.383 e. The van der Waals surface area contributed by atoms with E-state index in [4.69, 9.17) is 4.74 Å². The van der Waals surface area contributed by atoms with Crippen molar-refractivity contribution >= 4 is 5.82 Å². The normalized spacial score (nSPS) is 9.55. The van der Waals surface area contributed by atoms with Gasteiger partial charge in [-0.2, -0.15) is 0 Å². The fraction of sp³-hybridized carbons (Fsp3) is 0.429. The molecule has 0 aromatic carbocycles. The van der Waals surface area contributed by atoms with E-state index in [2.05, 4.69) is 15.3 Å². The fourth-order valence-corrected chi connectivity index (χ4v) is 0.676. The van der Waals surface area contributed by atoms with Crippen molar-refractivity contribution in [2.45, 2.75) is 0 Å². The summed E-state index contributed by atoms with van der Waals surface area (Å²) in [5, 5.41) is 3.07. The van der Waals surface area contributed by atoms with Gasteiger partial charge in [-0.15, -0.1) is 0 Å². The summed E-state index contributed by atoms with van der Waals surface area (Å²) in [5.74, 6) is 0.831. The average molecular weight is 153 g/mol. The molecule has 0 bridgehead atoms. The smallest absolute Gasteiger partial charge is 0.129 e. The highest BCUT2D eigenvalue weighted by atomic mass is 16.5. The molecule has 0 amide bonds. The molecule has 0 saturated heterocycles. The van der Waals surface area contributed by atoms with Crippen LogP contribution in [0.5, 0.6) is 0 Å². The number of hydrogen-bond acceptors (Lipinski definition) is 4. The van der Waals surface area contributed by atoms with E-state index in [1.54, 1.807) is 13.3 Å². The van der Waals surface area contributed by atoms with Crippen LogP contribution >= 0.6 is 0 Å². The molecule has 11 heavy (non-hydrogen) atoms. The van der Waals surface area contributed by atoms with Gasteiger partial charge in [-0.3, -0.25) is 0 Å². The van der Waals surface area contributed by atoms with Gasteiger partial charge >= 0.3 is 0 Å². The summed E-state index contributed by atoms with van der Waals surface area (Å²) in [4.78, 5) is 7.76. The Bertz CT molecular complexity index is 190. The van der Waals surface area contributed by atoms with Crippen molar-refractivity contribution in [3.8, 4) is 0 Å². The van der Waals surface area contributed by atoms with E-state index in [1.807, 2.05) is 6.07 Å². The summed E-state index contributed by atoms with van der Waals surface area (Å²) in [6, 6.07) is 1.82. The van der Waals surface area contributed by atoms with Crippen molar-refractivity contribution in [1.29, 1.82) is 0 Å². The molecule has 0 radical (unpaired) electrons. The van der Waals surface area contributed by atoms with E-state index in [0.29, 0.717) is 6.61 Å². The van der Waals surface area contributed by atoms with Gasteiger partial charge in [0.25, 0.3) is 0 Å². The Morgan fingerprint density at radius 3 is 3.18 bits per heavy atom. The minimum atomic E-state index is 0.685. The van der Waals surface area contributed by atoms with Crippen LogP contribution in [0.4, 0.5) is 5.82 Å². The van der Waals surface area contributed by atoms with Crippen LogP contribution in [-0.4, -0.2) is 30.2 Å². The quantitative estimate of drug-likeness (QED) is 0.641. The third-order valence-corrected chi connectivity index (χ3v) is 1.19. The van der Waals surface area contributed by atoms with Crippen molar-refractivity contribution < 1.29 is 4.74 Å². The Balaban J connectivity index is 2.28. The second-order valence-electron chi connectivity index (χ2n) is 2.01. The van der Waals surface area contributed by atoms with Crippen LogP contribution in [0.15, 0.2) is 18.6 Å². The molecule has 4 nitrogen and oxygen atoms in total. The number of methoxy groups -OCH3 is 1. The molecule has 0 aliphatic rings. The Morgan fingerprint density at radius 1 is 1.64 bits per heavy atom. The van der Waals surface area contributed by atoms with E-state index in [1.165, 1.54) is 6.33 Å². The van der Waals surface area contributed by atoms with Gasteiger partial charge < -0.3 is 10.1 Å². The van der Waals surface area contributed by atoms with Crippen LogP contribution in [0.25, 0.3) is 0 Å². The van der Waals surface area contributed by atoms with E-state index >= 15 is 0 Å². The van der Waals surface area contributed by atoms with Crippen molar-refractivity contribution in [2.24, 2.45) is 0 Å². The fourth-order valence-electron chi connectivity index (χ4n) is 0.676. The van der Waals surface area contributed by atoms with Gasteiger partial charge in [0, 0.05) is 19.9 Å². The summed E-state index contributed by atoms with van der Waals surface area (Å²) < 4.78 is 4.86. The molecule has 0 fully saturated rings. The summed E-state index contributed by atoms with van der Waals surface area (Å²) >= 11 is 0. The average Bonchev–Trinajstić information content (AvgIpc) is 2.07. The molecule has 4 heteroatoms. The first-order valence-electron chi connectivity index (χ1n) is 3.42. The molecule has 0 saturated carbocycles. The lowest BCUT2D eigenvalue weighted by Gasteiger charge is -2.02. The van der Waals surface area contributed by atoms with E-state index in [9.17, 15) is 0 Å². The molecular weight excluding hydrogens is 142 g/mol. The predicted molar refractivity (Wildman–Crippen MR) is 42.4 cm³/mol. The maximum atomic E-state index is 4.86. The Labute approximate surface area is 65.6 Å². The third-order valence-electron chi connectivity index (χ3n) is 1.19. The zero-order valence-corrected chi connectivity index (χ0v) is 6.45. The number of anilines is 1. The topological polar surface area (TPSA) is 47.0 Å². The van der Waals surface area contributed by atoms with Crippen LogP contribution in [-0.2, 0) is 4.74 Å². The minimum absolute atomic E-state index is 0.685. The highest BCUT2D eigenvalue weighted by Crippen LogP contribution is 1.95. The summed E-state index contributed by atoms with van der Waals surface area (Å²) in [5.41, 5.74) is 0. The zero-order chi connectivity index (χ0) is 7.94. The third kappa shape index (κ3) is 2.95. The first kappa shape index (κ1) is 7.94. The van der Waals surface area contributed by atoms with Crippen LogP contribution in [0.1, 0.15) is 0 Å². The maximum Gasteiger partial charge on any atom is 0.129 e. The van der Waals surface area contributed by atoms with Crippen molar-refractivity contribution in [3.63, 3.8) is 0 Å². The van der Waals surface area contributed by atoms with Crippen molar-refractivity contribution in [2.75, 3.05) is 25.6 Å². The molecule has 0 atom stereocenters. The molecule has 1 heterocycles. The molecular formula is C7H11N3O. The molecule has 0 aliphatic heterocycles. The molecule has 1 aromatic rings. The van der Waals surface area contributed by atoms with Crippen LogP contribution in [0.2, 0.25) is 0 Å². The molecule has 60 valence electrons. The standard InChI is InChI=1S/C7H11N3O/c1-11-5-4-9-7-2-3-8-6-10-7/h2-3,6H,4-5H2,1H3,(H,8,9,10). The van der Waals surface area contributed by atoms with E-state index in [-0.39, 0.29) is 0 Å². The summed E-state index contributed by atoms with van der Waals surface area (Å²) in [6.45, 7) is 1.46. The number of nitrogens with one attached hydrogen (secondary N) is 1. The highest BCUT2D eigenvalue weighted by Gasteiger charge is 1.88. The molecule has 0 unspecified atom stereocenters. The van der Waals surface area contributed by atoms with Crippen LogP contribution in [0.3, 0.4) is 0 Å². The number of hydrogen-bond donors (Lipinski definition) is 1. The molecule has 1 aromatic heterocycles. The molecule has 1 N–H and O–H groups in total. The van der Waals surface area contributed by atoms with Crippen molar-refractivity contribution in [1.82, 2.24) is 9.97 Å². The Kier molecular flexibility index (Phi) is 3.34. The first-order chi connectivity index (χ1) is 5.43. The highest BCUT2D eigenvalue weighted by molar-refractivity contribution is 5.31. The summed E-state index contributed by atoms with van der Waals surface area (Å²) in [7, 11) is 1.67. The Hall–Kier alpha value is -1.16. The molecule has 0 aliphatic carbocycles. The van der Waals surface area contributed by atoms with Gasteiger partial charge in [-0.05, 0) is 6.07 Å². The van der Waals surface area contributed by atoms with E-state index < -0.39 is 0 Å². The largest absolute Gasteiger partial charge is 0.383 e. The first-order valence-corrected chi connectivity index (χ1v) is 3.42. The van der Waals surface area contributed by atoms with Gasteiger partial charge in [0.05, 0.1) is 6.61 Å². The second kappa shape index (κ2) is 4.62. The van der Waals surface area contributed by atoms with Crippen LogP contribution < -0.4 is 5.32 Å². The maximum absolute atomic E-state index is 4.86. The monoisotopic (exact) mass is 153 g/mol. The predicted octanol–water partition coefficient (Wildman–Crippen LogP) is 0.535. The SMILES string of the molecule is COCCNc1ccncn1. The molecule has 0 spiro atoms. The number of nitrogens with zero attached hydrogens (tertiary/aromatic N) is 2.